The fraction of sp³-hybridized carbons (Fsp3) is 0.900. The van der Waals surface area contributed by atoms with E-state index in [4.69, 9.17) is 15.2 Å². The number of ether oxygens (including phenoxy) is 2. The SMILES string of the molecule is CCCC(N)C(=O)OC(C)COCC. The molecule has 0 bridgehead atoms. The Labute approximate surface area is 85.8 Å². The van der Waals surface area contributed by atoms with Crippen molar-refractivity contribution < 1.29 is 14.3 Å². The Morgan fingerprint density at radius 1 is 1.43 bits per heavy atom. The predicted molar refractivity (Wildman–Crippen MR) is 54.9 cm³/mol. The lowest BCUT2D eigenvalue weighted by molar-refractivity contribution is -0.152. The lowest BCUT2D eigenvalue weighted by Crippen LogP contribution is -2.35. The minimum atomic E-state index is -0.496. The maximum Gasteiger partial charge on any atom is 0.323 e. The van der Waals surface area contributed by atoms with Crippen LogP contribution in [0, 0.1) is 0 Å². The second kappa shape index (κ2) is 7.76. The highest BCUT2D eigenvalue weighted by atomic mass is 16.6. The largest absolute Gasteiger partial charge is 0.459 e. The highest BCUT2D eigenvalue weighted by molar-refractivity contribution is 5.75. The first-order valence-corrected chi connectivity index (χ1v) is 5.15. The minimum Gasteiger partial charge on any atom is -0.459 e. The zero-order valence-corrected chi connectivity index (χ0v) is 9.29. The molecule has 84 valence electrons. The zero-order chi connectivity index (χ0) is 11.0. The third-order valence-corrected chi connectivity index (χ3v) is 1.78. The van der Waals surface area contributed by atoms with E-state index in [2.05, 4.69) is 0 Å². The summed E-state index contributed by atoms with van der Waals surface area (Å²) in [6.45, 7) is 6.74. The van der Waals surface area contributed by atoms with Gasteiger partial charge in [0, 0.05) is 6.61 Å². The smallest absolute Gasteiger partial charge is 0.323 e. The molecule has 0 spiro atoms. The first-order chi connectivity index (χ1) is 6.61. The lowest BCUT2D eigenvalue weighted by atomic mass is 10.2. The van der Waals surface area contributed by atoms with Crippen LogP contribution < -0.4 is 5.73 Å². The number of nitrogens with two attached hydrogens (primary N) is 1. The second-order valence-electron chi connectivity index (χ2n) is 3.30. The van der Waals surface area contributed by atoms with E-state index >= 15 is 0 Å². The molecule has 0 aliphatic carbocycles. The third kappa shape index (κ3) is 5.94. The molecular weight excluding hydrogens is 182 g/mol. The highest BCUT2D eigenvalue weighted by Crippen LogP contribution is 2.00. The van der Waals surface area contributed by atoms with Crippen LogP contribution in [-0.4, -0.2) is 31.3 Å². The maximum atomic E-state index is 11.3. The standard InChI is InChI=1S/C10H21NO3/c1-4-6-9(11)10(12)14-8(3)7-13-5-2/h8-9H,4-7,11H2,1-3H3. The van der Waals surface area contributed by atoms with Crippen LogP contribution in [0.1, 0.15) is 33.6 Å². The Balaban J connectivity index is 3.69. The Kier molecular flexibility index (Phi) is 7.42. The van der Waals surface area contributed by atoms with Gasteiger partial charge in [-0.2, -0.15) is 0 Å². The van der Waals surface area contributed by atoms with Crippen molar-refractivity contribution in [1.82, 2.24) is 0 Å². The summed E-state index contributed by atoms with van der Waals surface area (Å²) in [5.74, 6) is -0.334. The molecule has 2 atom stereocenters. The Bertz CT molecular complexity index is 161. The van der Waals surface area contributed by atoms with E-state index in [0.717, 1.165) is 6.42 Å². The lowest BCUT2D eigenvalue weighted by Gasteiger charge is -2.16. The quantitative estimate of drug-likeness (QED) is 0.629. The van der Waals surface area contributed by atoms with Gasteiger partial charge in [0.15, 0.2) is 0 Å². The number of esters is 1. The molecule has 0 aliphatic heterocycles. The number of hydrogen-bond donors (Lipinski definition) is 1. The van der Waals surface area contributed by atoms with Gasteiger partial charge in [0.1, 0.15) is 12.1 Å². The Hall–Kier alpha value is -0.610. The van der Waals surface area contributed by atoms with Crippen LogP contribution in [0.4, 0.5) is 0 Å². The van der Waals surface area contributed by atoms with Crippen LogP contribution in [0.2, 0.25) is 0 Å². The molecular formula is C10H21NO3. The molecule has 0 radical (unpaired) electrons. The van der Waals surface area contributed by atoms with E-state index in [-0.39, 0.29) is 12.1 Å². The van der Waals surface area contributed by atoms with Gasteiger partial charge in [-0.25, -0.2) is 0 Å². The van der Waals surface area contributed by atoms with Crippen LogP contribution in [0.15, 0.2) is 0 Å². The molecule has 0 fully saturated rings. The van der Waals surface area contributed by atoms with Crippen LogP contribution in [-0.2, 0) is 14.3 Å². The average molecular weight is 203 g/mol. The average Bonchev–Trinajstić information content (AvgIpc) is 2.15. The highest BCUT2D eigenvalue weighted by Gasteiger charge is 2.16. The monoisotopic (exact) mass is 203 g/mol. The van der Waals surface area contributed by atoms with Crippen LogP contribution in [0.5, 0.6) is 0 Å². The van der Waals surface area contributed by atoms with Crippen molar-refractivity contribution in [2.45, 2.75) is 45.8 Å². The molecule has 0 saturated carbocycles. The van der Waals surface area contributed by atoms with Crippen molar-refractivity contribution in [3.05, 3.63) is 0 Å². The van der Waals surface area contributed by atoms with E-state index in [1.54, 1.807) is 6.92 Å². The van der Waals surface area contributed by atoms with Crippen LogP contribution in [0.25, 0.3) is 0 Å². The Morgan fingerprint density at radius 2 is 2.07 bits per heavy atom. The molecule has 0 aliphatic rings. The summed E-state index contributed by atoms with van der Waals surface area (Å²) < 4.78 is 10.2. The zero-order valence-electron chi connectivity index (χ0n) is 9.29. The molecule has 14 heavy (non-hydrogen) atoms. The summed E-state index contributed by atoms with van der Waals surface area (Å²) in [7, 11) is 0. The van der Waals surface area contributed by atoms with Gasteiger partial charge in [-0.3, -0.25) is 4.79 Å². The van der Waals surface area contributed by atoms with Gasteiger partial charge in [0.05, 0.1) is 6.61 Å². The summed E-state index contributed by atoms with van der Waals surface area (Å²) in [4.78, 5) is 11.3. The molecule has 4 heteroatoms. The first-order valence-electron chi connectivity index (χ1n) is 5.15. The number of carbonyl (C=O) groups excluding carboxylic acids is 1. The molecule has 0 aromatic heterocycles. The Morgan fingerprint density at radius 3 is 2.57 bits per heavy atom. The summed E-state index contributed by atoms with van der Waals surface area (Å²) in [5, 5.41) is 0. The predicted octanol–water partition coefficient (Wildman–Crippen LogP) is 1.08. The van der Waals surface area contributed by atoms with E-state index < -0.39 is 6.04 Å². The molecule has 4 nitrogen and oxygen atoms in total. The van der Waals surface area contributed by atoms with Crippen molar-refractivity contribution in [3.8, 4) is 0 Å². The first kappa shape index (κ1) is 13.4. The topological polar surface area (TPSA) is 61.6 Å². The van der Waals surface area contributed by atoms with Crippen molar-refractivity contribution >= 4 is 5.97 Å². The molecule has 0 heterocycles. The molecule has 0 rings (SSSR count). The summed E-state index contributed by atoms with van der Waals surface area (Å²) in [6, 6.07) is -0.496. The van der Waals surface area contributed by atoms with Crippen molar-refractivity contribution in [1.29, 1.82) is 0 Å². The van der Waals surface area contributed by atoms with E-state index in [1.807, 2.05) is 13.8 Å². The summed E-state index contributed by atoms with van der Waals surface area (Å²) >= 11 is 0. The van der Waals surface area contributed by atoms with Gasteiger partial charge < -0.3 is 15.2 Å². The molecule has 2 N–H and O–H groups in total. The van der Waals surface area contributed by atoms with Crippen molar-refractivity contribution in [2.75, 3.05) is 13.2 Å². The van der Waals surface area contributed by atoms with Gasteiger partial charge in [0.2, 0.25) is 0 Å². The fourth-order valence-corrected chi connectivity index (χ4v) is 1.03. The molecule has 0 aromatic rings. The van der Waals surface area contributed by atoms with Gasteiger partial charge in [-0.05, 0) is 20.3 Å². The number of carbonyl (C=O) groups is 1. The summed E-state index contributed by atoms with van der Waals surface area (Å²) in [5.41, 5.74) is 5.59. The normalized spacial score (nSPS) is 14.9. The van der Waals surface area contributed by atoms with Crippen LogP contribution >= 0.6 is 0 Å². The molecule has 0 aromatic carbocycles. The van der Waals surface area contributed by atoms with Gasteiger partial charge in [-0.1, -0.05) is 13.3 Å². The molecule has 2 unspecified atom stereocenters. The molecule has 0 amide bonds. The van der Waals surface area contributed by atoms with Gasteiger partial charge >= 0.3 is 5.97 Å². The third-order valence-electron chi connectivity index (χ3n) is 1.78. The van der Waals surface area contributed by atoms with Gasteiger partial charge in [-0.15, -0.1) is 0 Å². The maximum absolute atomic E-state index is 11.3. The number of rotatable bonds is 7. The van der Waals surface area contributed by atoms with E-state index in [9.17, 15) is 4.79 Å². The van der Waals surface area contributed by atoms with Crippen LogP contribution in [0.3, 0.4) is 0 Å². The minimum absolute atomic E-state index is 0.217. The summed E-state index contributed by atoms with van der Waals surface area (Å²) in [6.07, 6.45) is 1.33. The van der Waals surface area contributed by atoms with Crippen molar-refractivity contribution in [2.24, 2.45) is 5.73 Å². The fourth-order valence-electron chi connectivity index (χ4n) is 1.03. The van der Waals surface area contributed by atoms with Crippen molar-refractivity contribution in [3.63, 3.8) is 0 Å². The van der Waals surface area contributed by atoms with E-state index in [1.165, 1.54) is 0 Å². The van der Waals surface area contributed by atoms with Gasteiger partial charge in [0.25, 0.3) is 0 Å². The number of hydrogen-bond acceptors (Lipinski definition) is 4. The molecule has 0 saturated heterocycles. The van der Waals surface area contributed by atoms with E-state index in [0.29, 0.717) is 19.6 Å². The second-order valence-corrected chi connectivity index (χ2v) is 3.30.